The van der Waals surface area contributed by atoms with E-state index in [-0.39, 0.29) is 29.5 Å². The van der Waals surface area contributed by atoms with E-state index in [1.54, 1.807) is 12.1 Å². The van der Waals surface area contributed by atoms with Crippen LogP contribution in [0.3, 0.4) is 0 Å². The molecule has 1 amide bonds. The number of carboxylic acid groups (broad SMARTS) is 1. The summed E-state index contributed by atoms with van der Waals surface area (Å²) in [5.41, 5.74) is 2.23. The average Bonchev–Trinajstić information content (AvgIpc) is 3.29. The number of rotatable bonds is 6. The number of nitrogens with zero attached hydrogens (tertiary/aromatic N) is 3. The summed E-state index contributed by atoms with van der Waals surface area (Å²) in [5, 5.41) is 19.4. The lowest BCUT2D eigenvalue weighted by molar-refractivity contribution is -0.151. The van der Waals surface area contributed by atoms with Gasteiger partial charge in [-0.3, -0.25) is 9.59 Å². The van der Waals surface area contributed by atoms with Crippen molar-refractivity contribution in [3.63, 3.8) is 0 Å². The van der Waals surface area contributed by atoms with Crippen LogP contribution >= 0.6 is 0 Å². The van der Waals surface area contributed by atoms with E-state index in [0.29, 0.717) is 11.3 Å². The van der Waals surface area contributed by atoms with Gasteiger partial charge in [-0.25, -0.2) is 8.78 Å². The minimum Gasteiger partial charge on any atom is -0.481 e. The van der Waals surface area contributed by atoms with Gasteiger partial charge in [0.15, 0.2) is 11.6 Å². The van der Waals surface area contributed by atoms with E-state index in [9.17, 15) is 18.4 Å². The number of carboxylic acids is 1. The molecule has 0 bridgehead atoms. The fourth-order valence-corrected chi connectivity index (χ4v) is 4.99. The number of hydrogen-bond donors (Lipinski definition) is 2. The van der Waals surface area contributed by atoms with Crippen LogP contribution < -0.4 is 10.2 Å². The molecule has 1 saturated carbocycles. The van der Waals surface area contributed by atoms with Crippen LogP contribution in [-0.4, -0.2) is 40.3 Å². The first-order valence-corrected chi connectivity index (χ1v) is 11.5. The third-order valence-electron chi connectivity index (χ3n) is 7.02. The summed E-state index contributed by atoms with van der Waals surface area (Å²) in [6.07, 6.45) is 3.59. The third kappa shape index (κ3) is 4.87. The summed E-state index contributed by atoms with van der Waals surface area (Å²) in [6, 6.07) is 10.9. The van der Waals surface area contributed by atoms with Crippen molar-refractivity contribution < 1.29 is 27.9 Å². The van der Waals surface area contributed by atoms with Gasteiger partial charge in [0.2, 0.25) is 5.89 Å². The van der Waals surface area contributed by atoms with Crippen LogP contribution in [0.15, 0.2) is 46.9 Å². The first-order chi connectivity index (χ1) is 16.8. The van der Waals surface area contributed by atoms with Crippen molar-refractivity contribution in [2.75, 3.05) is 23.3 Å². The number of hydrogen-bond acceptors (Lipinski definition) is 6. The van der Waals surface area contributed by atoms with Crippen molar-refractivity contribution in [1.82, 2.24) is 10.2 Å². The molecule has 2 aliphatic rings. The summed E-state index contributed by atoms with van der Waals surface area (Å²) in [4.78, 5) is 25.9. The Morgan fingerprint density at radius 2 is 1.77 bits per heavy atom. The molecular weight excluding hydrogens is 458 g/mol. The van der Waals surface area contributed by atoms with Crippen LogP contribution in [0.2, 0.25) is 0 Å². The van der Waals surface area contributed by atoms with Gasteiger partial charge in [-0.15, -0.1) is 10.2 Å². The molecule has 2 heterocycles. The molecule has 182 valence electrons. The number of piperidine rings is 1. The van der Waals surface area contributed by atoms with Gasteiger partial charge in [-0.2, -0.15) is 0 Å². The number of amides is 1. The number of halogens is 2. The SMILES string of the molecule is O=C(Nc1ccc(N2CCC3(CC2)CC(C(=O)O)C3)cc1)c1nnc(Cc2ccc(F)c(F)c2)o1. The van der Waals surface area contributed by atoms with Crippen molar-refractivity contribution in [2.45, 2.75) is 32.1 Å². The molecule has 0 unspecified atom stereocenters. The van der Waals surface area contributed by atoms with Gasteiger partial charge in [0, 0.05) is 24.5 Å². The van der Waals surface area contributed by atoms with Gasteiger partial charge < -0.3 is 19.7 Å². The highest BCUT2D eigenvalue weighted by Crippen LogP contribution is 2.52. The Balaban J connectivity index is 1.14. The predicted octanol–water partition coefficient (Wildman–Crippen LogP) is 4.27. The second kappa shape index (κ2) is 9.09. The summed E-state index contributed by atoms with van der Waals surface area (Å²) in [6.45, 7) is 1.75. The second-order valence-corrected chi connectivity index (χ2v) is 9.36. The quantitative estimate of drug-likeness (QED) is 0.540. The lowest BCUT2D eigenvalue weighted by Gasteiger charge is -2.51. The zero-order valence-electron chi connectivity index (χ0n) is 18.8. The molecule has 1 aliphatic heterocycles. The van der Waals surface area contributed by atoms with Crippen LogP contribution in [0.4, 0.5) is 20.2 Å². The minimum absolute atomic E-state index is 0.0697. The van der Waals surface area contributed by atoms with Crippen molar-refractivity contribution in [2.24, 2.45) is 11.3 Å². The highest BCUT2D eigenvalue weighted by molar-refractivity contribution is 6.00. The molecule has 0 atom stereocenters. The van der Waals surface area contributed by atoms with E-state index in [1.807, 2.05) is 12.1 Å². The molecule has 5 rings (SSSR count). The average molecular weight is 482 g/mol. The molecule has 1 spiro atoms. The first-order valence-electron chi connectivity index (χ1n) is 11.5. The first kappa shape index (κ1) is 22.9. The lowest BCUT2D eigenvalue weighted by atomic mass is 9.57. The normalized spacial score (nSPS) is 17.3. The summed E-state index contributed by atoms with van der Waals surface area (Å²) < 4.78 is 31.8. The Morgan fingerprint density at radius 1 is 1.06 bits per heavy atom. The molecule has 3 aromatic rings. The number of benzene rings is 2. The van der Waals surface area contributed by atoms with Crippen molar-refractivity contribution in [3.05, 3.63) is 71.4 Å². The number of aromatic nitrogens is 2. The highest BCUT2D eigenvalue weighted by Gasteiger charge is 2.48. The fourth-order valence-electron chi connectivity index (χ4n) is 4.99. The summed E-state index contributed by atoms with van der Waals surface area (Å²) >= 11 is 0. The van der Waals surface area contributed by atoms with E-state index >= 15 is 0 Å². The molecule has 1 aromatic heterocycles. The Bertz CT molecular complexity index is 1240. The molecule has 2 N–H and O–H groups in total. The topological polar surface area (TPSA) is 109 Å². The fraction of sp³-hybridized carbons (Fsp3) is 0.360. The molecule has 0 radical (unpaired) electrons. The van der Waals surface area contributed by atoms with E-state index in [2.05, 4.69) is 20.4 Å². The Morgan fingerprint density at radius 3 is 2.43 bits per heavy atom. The molecule has 8 nitrogen and oxygen atoms in total. The molecule has 1 saturated heterocycles. The second-order valence-electron chi connectivity index (χ2n) is 9.36. The molecule has 2 aromatic carbocycles. The predicted molar refractivity (Wildman–Crippen MR) is 122 cm³/mol. The lowest BCUT2D eigenvalue weighted by Crippen LogP contribution is -2.49. The zero-order valence-corrected chi connectivity index (χ0v) is 18.8. The van der Waals surface area contributed by atoms with Gasteiger partial charge in [0.05, 0.1) is 12.3 Å². The van der Waals surface area contributed by atoms with Crippen molar-refractivity contribution >= 4 is 23.3 Å². The van der Waals surface area contributed by atoms with Crippen LogP contribution in [-0.2, 0) is 11.2 Å². The monoisotopic (exact) mass is 482 g/mol. The molecule has 1 aliphatic carbocycles. The zero-order chi connectivity index (χ0) is 24.6. The molecule has 35 heavy (non-hydrogen) atoms. The van der Waals surface area contributed by atoms with Crippen molar-refractivity contribution in [3.8, 4) is 0 Å². The number of aliphatic carboxylic acids is 1. The van der Waals surface area contributed by atoms with Crippen LogP contribution in [0.1, 0.15) is 47.8 Å². The van der Waals surface area contributed by atoms with E-state index in [0.717, 1.165) is 56.6 Å². The van der Waals surface area contributed by atoms with Gasteiger partial charge in [0.25, 0.3) is 0 Å². The van der Waals surface area contributed by atoms with E-state index in [1.165, 1.54) is 6.07 Å². The van der Waals surface area contributed by atoms with Crippen LogP contribution in [0.5, 0.6) is 0 Å². The van der Waals surface area contributed by atoms with Gasteiger partial charge in [0.1, 0.15) is 0 Å². The number of carbonyl (C=O) groups excluding carboxylic acids is 1. The van der Waals surface area contributed by atoms with Gasteiger partial charge >= 0.3 is 17.8 Å². The standard InChI is InChI=1S/C25H24F2N4O4/c26-19-6-1-15(11-20(19)27)12-21-29-30-23(35-21)22(32)28-17-2-4-18(5-3-17)31-9-7-25(8-10-31)13-16(14-25)24(33)34/h1-6,11,16H,7-10,12-14H2,(H,28,32)(H,33,34). The summed E-state index contributed by atoms with van der Waals surface area (Å²) in [5.74, 6) is -3.47. The van der Waals surface area contributed by atoms with Crippen LogP contribution in [0.25, 0.3) is 0 Å². The van der Waals surface area contributed by atoms with Crippen molar-refractivity contribution in [1.29, 1.82) is 0 Å². The molecular formula is C25H24F2N4O4. The number of carbonyl (C=O) groups is 2. The highest BCUT2D eigenvalue weighted by atomic mass is 19.2. The Hall–Kier alpha value is -3.82. The minimum atomic E-state index is -0.970. The Kier molecular flexibility index (Phi) is 5.96. The van der Waals surface area contributed by atoms with E-state index in [4.69, 9.17) is 9.52 Å². The third-order valence-corrected chi connectivity index (χ3v) is 7.02. The summed E-state index contributed by atoms with van der Waals surface area (Å²) in [7, 11) is 0. The Labute approximate surface area is 200 Å². The number of nitrogens with one attached hydrogen (secondary N) is 1. The van der Waals surface area contributed by atoms with E-state index < -0.39 is 23.5 Å². The molecule has 10 heteroatoms. The maximum absolute atomic E-state index is 13.4. The molecule has 2 fully saturated rings. The van der Waals surface area contributed by atoms with Crippen LogP contribution in [0, 0.1) is 23.0 Å². The number of anilines is 2. The van der Waals surface area contributed by atoms with Gasteiger partial charge in [-0.1, -0.05) is 6.07 Å². The maximum atomic E-state index is 13.4. The largest absolute Gasteiger partial charge is 0.481 e. The van der Waals surface area contributed by atoms with Gasteiger partial charge in [-0.05, 0) is 73.1 Å². The smallest absolute Gasteiger partial charge is 0.313 e. The maximum Gasteiger partial charge on any atom is 0.313 e.